The Morgan fingerprint density at radius 1 is 0.941 bits per heavy atom. The predicted octanol–water partition coefficient (Wildman–Crippen LogP) is 2.67. The van der Waals surface area contributed by atoms with Crippen molar-refractivity contribution in [3.63, 3.8) is 0 Å². The van der Waals surface area contributed by atoms with E-state index in [2.05, 4.69) is 6.92 Å². The number of amides is 1. The van der Waals surface area contributed by atoms with Crippen LogP contribution in [0, 0.1) is 0 Å². The Labute approximate surface area is 104 Å². The van der Waals surface area contributed by atoms with Crippen molar-refractivity contribution < 1.29 is 14.7 Å². The Balaban J connectivity index is 4.00. The largest absolute Gasteiger partial charge is 0.481 e. The minimum absolute atomic E-state index is 0.0449. The Morgan fingerprint density at radius 3 is 2.18 bits per heavy atom. The molecule has 0 unspecified atom stereocenters. The first-order valence-corrected chi connectivity index (χ1v) is 6.61. The summed E-state index contributed by atoms with van der Waals surface area (Å²) in [5.74, 6) is -0.752. The van der Waals surface area contributed by atoms with E-state index < -0.39 is 5.97 Å². The molecule has 0 radical (unpaired) electrons. The van der Waals surface area contributed by atoms with E-state index in [9.17, 15) is 9.59 Å². The number of nitrogens with zero attached hydrogens (tertiary/aromatic N) is 1. The summed E-state index contributed by atoms with van der Waals surface area (Å²) in [6.45, 7) is 5.15. The van der Waals surface area contributed by atoms with Crippen LogP contribution in [0.2, 0.25) is 0 Å². The van der Waals surface area contributed by atoms with Crippen LogP contribution in [0.15, 0.2) is 0 Å². The highest BCUT2D eigenvalue weighted by atomic mass is 16.4. The fourth-order valence-electron chi connectivity index (χ4n) is 1.69. The summed E-state index contributed by atoms with van der Waals surface area (Å²) in [4.78, 5) is 24.0. The number of carboxylic acid groups (broad SMARTS) is 1. The molecule has 0 aliphatic rings. The average molecular weight is 243 g/mol. The molecule has 0 aromatic heterocycles. The van der Waals surface area contributed by atoms with Gasteiger partial charge in [-0.05, 0) is 12.8 Å². The predicted molar refractivity (Wildman–Crippen MR) is 67.9 cm³/mol. The third-order valence-electron chi connectivity index (χ3n) is 2.69. The second-order valence-electron chi connectivity index (χ2n) is 4.34. The van der Waals surface area contributed by atoms with Gasteiger partial charge in [0, 0.05) is 19.5 Å². The van der Waals surface area contributed by atoms with Crippen molar-refractivity contribution in [1.29, 1.82) is 0 Å². The first-order valence-electron chi connectivity index (χ1n) is 6.61. The number of hydrogen-bond donors (Lipinski definition) is 1. The number of carbonyl (C=O) groups is 2. The smallest absolute Gasteiger partial charge is 0.305 e. The molecule has 4 nitrogen and oxygen atoms in total. The molecule has 4 heteroatoms. The van der Waals surface area contributed by atoms with E-state index in [1.165, 1.54) is 6.42 Å². The van der Waals surface area contributed by atoms with Crippen molar-refractivity contribution >= 4 is 11.9 Å². The minimum Gasteiger partial charge on any atom is -0.481 e. The van der Waals surface area contributed by atoms with Crippen molar-refractivity contribution in [1.82, 2.24) is 4.90 Å². The summed E-state index contributed by atoms with van der Waals surface area (Å²) >= 11 is 0. The molecule has 0 spiro atoms. The Bertz CT molecular complexity index is 229. The van der Waals surface area contributed by atoms with Gasteiger partial charge in [0.1, 0.15) is 0 Å². The van der Waals surface area contributed by atoms with Gasteiger partial charge in [-0.25, -0.2) is 0 Å². The van der Waals surface area contributed by atoms with Gasteiger partial charge in [-0.3, -0.25) is 9.59 Å². The normalized spacial score (nSPS) is 10.2. The summed E-state index contributed by atoms with van der Waals surface area (Å²) in [5, 5.41) is 8.65. The van der Waals surface area contributed by atoms with Crippen molar-refractivity contribution in [3.8, 4) is 0 Å². The highest BCUT2D eigenvalue weighted by Crippen LogP contribution is 2.05. The molecule has 100 valence electrons. The maximum absolute atomic E-state index is 11.8. The molecule has 0 atom stereocenters. The maximum atomic E-state index is 11.8. The first-order chi connectivity index (χ1) is 8.11. The molecule has 0 saturated carbocycles. The standard InChI is InChI=1S/C13H25NO3/c1-3-5-6-7-10-14(11-9-13(16)17)12(15)8-4-2/h3-11H2,1-2H3,(H,16,17). The minimum atomic E-state index is -0.840. The van der Waals surface area contributed by atoms with E-state index in [1.54, 1.807) is 4.90 Å². The van der Waals surface area contributed by atoms with Crippen LogP contribution in [-0.2, 0) is 9.59 Å². The van der Waals surface area contributed by atoms with Crippen molar-refractivity contribution in [3.05, 3.63) is 0 Å². The molecular weight excluding hydrogens is 218 g/mol. The van der Waals surface area contributed by atoms with E-state index in [0.29, 0.717) is 19.5 Å². The lowest BCUT2D eigenvalue weighted by molar-refractivity contribution is -0.138. The third kappa shape index (κ3) is 8.72. The molecule has 0 fully saturated rings. The zero-order chi connectivity index (χ0) is 13.1. The number of carboxylic acids is 1. The SMILES string of the molecule is CCCCCCN(CCC(=O)O)C(=O)CCC. The molecule has 0 bridgehead atoms. The van der Waals surface area contributed by atoms with Crippen LogP contribution in [-0.4, -0.2) is 35.0 Å². The molecule has 0 aromatic rings. The Morgan fingerprint density at radius 2 is 1.65 bits per heavy atom. The van der Waals surface area contributed by atoms with Crippen LogP contribution in [0.5, 0.6) is 0 Å². The summed E-state index contributed by atoms with van der Waals surface area (Å²) in [6.07, 6.45) is 5.81. The number of rotatable bonds is 10. The van der Waals surface area contributed by atoms with Gasteiger partial charge >= 0.3 is 5.97 Å². The lowest BCUT2D eigenvalue weighted by atomic mass is 10.2. The van der Waals surface area contributed by atoms with Crippen LogP contribution < -0.4 is 0 Å². The molecule has 1 amide bonds. The fraction of sp³-hybridized carbons (Fsp3) is 0.846. The van der Waals surface area contributed by atoms with Gasteiger partial charge in [0.05, 0.1) is 6.42 Å². The zero-order valence-electron chi connectivity index (χ0n) is 11.1. The lowest BCUT2D eigenvalue weighted by Gasteiger charge is -2.21. The van der Waals surface area contributed by atoms with Crippen LogP contribution in [0.1, 0.15) is 58.8 Å². The quantitative estimate of drug-likeness (QED) is 0.600. The highest BCUT2D eigenvalue weighted by molar-refractivity contribution is 5.76. The van der Waals surface area contributed by atoms with E-state index in [4.69, 9.17) is 5.11 Å². The van der Waals surface area contributed by atoms with Gasteiger partial charge in [-0.15, -0.1) is 0 Å². The van der Waals surface area contributed by atoms with Gasteiger partial charge in [-0.1, -0.05) is 33.1 Å². The van der Waals surface area contributed by atoms with Gasteiger partial charge in [-0.2, -0.15) is 0 Å². The lowest BCUT2D eigenvalue weighted by Crippen LogP contribution is -2.33. The Kier molecular flexibility index (Phi) is 9.49. The van der Waals surface area contributed by atoms with Gasteiger partial charge in [0.25, 0.3) is 0 Å². The highest BCUT2D eigenvalue weighted by Gasteiger charge is 2.13. The molecule has 0 aliphatic carbocycles. The van der Waals surface area contributed by atoms with Crippen molar-refractivity contribution in [2.45, 2.75) is 58.8 Å². The molecule has 0 aromatic carbocycles. The maximum Gasteiger partial charge on any atom is 0.305 e. The van der Waals surface area contributed by atoms with Crippen LogP contribution >= 0.6 is 0 Å². The summed E-state index contributed by atoms with van der Waals surface area (Å²) in [7, 11) is 0. The molecule has 0 heterocycles. The van der Waals surface area contributed by atoms with Crippen molar-refractivity contribution in [2.75, 3.05) is 13.1 Å². The van der Waals surface area contributed by atoms with Crippen molar-refractivity contribution in [2.24, 2.45) is 0 Å². The van der Waals surface area contributed by atoms with Gasteiger partial charge < -0.3 is 10.0 Å². The number of carbonyl (C=O) groups excluding carboxylic acids is 1. The summed E-state index contributed by atoms with van der Waals surface area (Å²) in [6, 6.07) is 0. The number of aliphatic carboxylic acids is 1. The van der Waals surface area contributed by atoms with Crippen LogP contribution in [0.4, 0.5) is 0 Å². The third-order valence-corrected chi connectivity index (χ3v) is 2.69. The Hall–Kier alpha value is -1.06. The van der Waals surface area contributed by atoms with Gasteiger partial charge in [0.15, 0.2) is 0 Å². The zero-order valence-corrected chi connectivity index (χ0v) is 11.1. The average Bonchev–Trinajstić information content (AvgIpc) is 2.28. The number of hydrogen-bond acceptors (Lipinski definition) is 2. The summed E-state index contributed by atoms with van der Waals surface area (Å²) in [5.41, 5.74) is 0. The molecule has 0 aliphatic heterocycles. The fourth-order valence-corrected chi connectivity index (χ4v) is 1.69. The monoisotopic (exact) mass is 243 g/mol. The second kappa shape index (κ2) is 10.1. The van der Waals surface area contributed by atoms with E-state index in [0.717, 1.165) is 25.7 Å². The van der Waals surface area contributed by atoms with Gasteiger partial charge in [0.2, 0.25) is 5.91 Å². The summed E-state index contributed by atoms with van der Waals surface area (Å²) < 4.78 is 0. The molecule has 0 rings (SSSR count). The molecule has 1 N–H and O–H groups in total. The molecule has 17 heavy (non-hydrogen) atoms. The number of unbranched alkanes of at least 4 members (excludes halogenated alkanes) is 3. The molecule has 0 saturated heterocycles. The van der Waals surface area contributed by atoms with E-state index in [-0.39, 0.29) is 12.3 Å². The van der Waals surface area contributed by atoms with E-state index >= 15 is 0 Å². The van der Waals surface area contributed by atoms with Crippen LogP contribution in [0.25, 0.3) is 0 Å². The molecular formula is C13H25NO3. The van der Waals surface area contributed by atoms with Crippen LogP contribution in [0.3, 0.4) is 0 Å². The first kappa shape index (κ1) is 15.9. The second-order valence-corrected chi connectivity index (χ2v) is 4.34. The topological polar surface area (TPSA) is 57.6 Å². The van der Waals surface area contributed by atoms with E-state index in [1.807, 2.05) is 6.92 Å².